The second-order valence-corrected chi connectivity index (χ2v) is 4.96. The normalized spacial score (nSPS) is 11.2. The van der Waals surface area contributed by atoms with Crippen LogP contribution in [0.4, 0.5) is 0 Å². The van der Waals surface area contributed by atoms with Crippen LogP contribution in [0.15, 0.2) is 47.5 Å². The Hall–Kier alpha value is -3.42. The molecule has 8 nitrogen and oxygen atoms in total. The van der Waals surface area contributed by atoms with Gasteiger partial charge in [0.1, 0.15) is 5.75 Å². The van der Waals surface area contributed by atoms with Gasteiger partial charge in [-0.3, -0.25) is 4.79 Å². The number of aromatic nitrogens is 5. The molecule has 0 aliphatic rings. The van der Waals surface area contributed by atoms with E-state index < -0.39 is 0 Å². The summed E-state index contributed by atoms with van der Waals surface area (Å²) in [6, 6.07) is 9.10. The average Bonchev–Trinajstić information content (AvgIpc) is 3.02. The topological polar surface area (TPSA) is 100 Å². The molecule has 0 fully saturated rings. The van der Waals surface area contributed by atoms with Gasteiger partial charge in [0.2, 0.25) is 0 Å². The molecule has 1 aromatic carbocycles. The molecule has 8 heteroatoms. The van der Waals surface area contributed by atoms with E-state index in [1.807, 2.05) is 24.3 Å². The minimum Gasteiger partial charge on any atom is -0.497 e. The van der Waals surface area contributed by atoms with Gasteiger partial charge < -0.3 is 10.6 Å². The first-order valence-electron chi connectivity index (χ1n) is 6.84. The van der Waals surface area contributed by atoms with E-state index in [0.717, 1.165) is 16.0 Å². The highest BCUT2D eigenvalue weighted by Crippen LogP contribution is 2.20. The van der Waals surface area contributed by atoms with E-state index in [4.69, 9.17) is 10.6 Å². The maximum absolute atomic E-state index is 12.0. The Bertz CT molecular complexity index is 1080. The molecule has 2 N–H and O–H groups in total. The molecule has 4 rings (SSSR count). The molecule has 114 valence electrons. The van der Waals surface area contributed by atoms with E-state index in [1.165, 1.54) is 16.9 Å². The van der Waals surface area contributed by atoms with Crippen molar-refractivity contribution in [3.63, 3.8) is 0 Å². The molecular formula is C15H12N6O2. The lowest BCUT2D eigenvalue weighted by Gasteiger charge is -2.01. The number of nitrogen functional groups attached to an aromatic ring is 1. The second kappa shape index (κ2) is 4.80. The predicted molar refractivity (Wildman–Crippen MR) is 84.7 cm³/mol. The Morgan fingerprint density at radius 2 is 1.96 bits per heavy atom. The Kier molecular flexibility index (Phi) is 2.77. The van der Waals surface area contributed by atoms with Crippen LogP contribution in [0.1, 0.15) is 0 Å². The van der Waals surface area contributed by atoms with Gasteiger partial charge >= 0.3 is 0 Å². The first-order valence-corrected chi connectivity index (χ1v) is 6.84. The van der Waals surface area contributed by atoms with Crippen molar-refractivity contribution < 1.29 is 4.74 Å². The van der Waals surface area contributed by atoms with Gasteiger partial charge in [-0.05, 0) is 30.3 Å². The van der Waals surface area contributed by atoms with E-state index in [9.17, 15) is 4.79 Å². The molecule has 0 saturated heterocycles. The molecule has 0 saturated carbocycles. The van der Waals surface area contributed by atoms with E-state index in [0.29, 0.717) is 22.5 Å². The van der Waals surface area contributed by atoms with Crippen molar-refractivity contribution in [2.45, 2.75) is 0 Å². The number of nitrogens with two attached hydrogens (primary N) is 1. The summed E-state index contributed by atoms with van der Waals surface area (Å²) < 4.78 is 7.69. The number of nitrogens with zero attached hydrogens (tertiary/aromatic N) is 5. The van der Waals surface area contributed by atoms with E-state index in [2.05, 4.69) is 15.1 Å². The number of methoxy groups -OCH3 is 1. The van der Waals surface area contributed by atoms with Gasteiger partial charge in [0.05, 0.1) is 18.0 Å². The van der Waals surface area contributed by atoms with Crippen LogP contribution in [-0.4, -0.2) is 31.4 Å². The highest BCUT2D eigenvalue weighted by atomic mass is 16.5. The van der Waals surface area contributed by atoms with Crippen LogP contribution in [0, 0.1) is 0 Å². The molecular weight excluding hydrogens is 296 g/mol. The number of ether oxygens (including phenoxy) is 1. The van der Waals surface area contributed by atoms with Crippen molar-refractivity contribution in [3.05, 3.63) is 53.1 Å². The van der Waals surface area contributed by atoms with Crippen molar-refractivity contribution in [1.82, 2.24) is 24.3 Å². The van der Waals surface area contributed by atoms with Crippen LogP contribution >= 0.6 is 0 Å². The van der Waals surface area contributed by atoms with E-state index >= 15 is 0 Å². The molecule has 0 atom stereocenters. The van der Waals surface area contributed by atoms with Gasteiger partial charge in [0.25, 0.3) is 11.3 Å². The second-order valence-electron chi connectivity index (χ2n) is 4.96. The van der Waals surface area contributed by atoms with Gasteiger partial charge in [-0.25, -0.2) is 9.66 Å². The third-order valence-corrected chi connectivity index (χ3v) is 3.61. The maximum atomic E-state index is 12.0. The van der Waals surface area contributed by atoms with Crippen molar-refractivity contribution >= 4 is 16.7 Å². The SMILES string of the molecule is COc1ccc(-c2nc3ncc4c(=O)n(N)ccc4n3n2)cc1. The van der Waals surface area contributed by atoms with Crippen LogP contribution in [0.2, 0.25) is 0 Å². The zero-order valence-electron chi connectivity index (χ0n) is 12.2. The number of rotatable bonds is 2. The summed E-state index contributed by atoms with van der Waals surface area (Å²) in [7, 11) is 1.61. The highest BCUT2D eigenvalue weighted by Gasteiger charge is 2.12. The van der Waals surface area contributed by atoms with Crippen molar-refractivity contribution in [3.8, 4) is 17.1 Å². The molecule has 0 unspecified atom stereocenters. The largest absolute Gasteiger partial charge is 0.497 e. The van der Waals surface area contributed by atoms with E-state index in [1.54, 1.807) is 13.2 Å². The molecule has 3 aromatic heterocycles. The van der Waals surface area contributed by atoms with Crippen LogP contribution < -0.4 is 16.1 Å². The molecule has 0 aliphatic heterocycles. The van der Waals surface area contributed by atoms with Crippen molar-refractivity contribution in [2.75, 3.05) is 13.0 Å². The minimum atomic E-state index is -0.335. The third kappa shape index (κ3) is 2.00. The van der Waals surface area contributed by atoms with Crippen LogP contribution in [-0.2, 0) is 0 Å². The third-order valence-electron chi connectivity index (χ3n) is 3.61. The van der Waals surface area contributed by atoms with E-state index in [-0.39, 0.29) is 5.56 Å². The fraction of sp³-hybridized carbons (Fsp3) is 0.0667. The number of benzene rings is 1. The smallest absolute Gasteiger partial charge is 0.279 e. The highest BCUT2D eigenvalue weighted by molar-refractivity contribution is 5.79. The summed E-state index contributed by atoms with van der Waals surface area (Å²) in [6.07, 6.45) is 2.95. The number of hydrogen-bond donors (Lipinski definition) is 1. The minimum absolute atomic E-state index is 0.335. The zero-order chi connectivity index (χ0) is 16.0. The van der Waals surface area contributed by atoms with Crippen LogP contribution in [0.25, 0.3) is 28.1 Å². The molecule has 0 bridgehead atoms. The fourth-order valence-corrected chi connectivity index (χ4v) is 2.40. The average molecular weight is 308 g/mol. The Labute approximate surface area is 129 Å². The number of fused-ring (bicyclic) bond motifs is 3. The van der Waals surface area contributed by atoms with Crippen LogP contribution in [0.5, 0.6) is 5.75 Å². The van der Waals surface area contributed by atoms with Crippen molar-refractivity contribution in [1.29, 1.82) is 0 Å². The van der Waals surface area contributed by atoms with Gasteiger partial charge in [-0.1, -0.05) is 0 Å². The van der Waals surface area contributed by atoms with Gasteiger partial charge in [-0.2, -0.15) is 9.50 Å². The number of hydrogen-bond acceptors (Lipinski definition) is 6. The molecule has 3 heterocycles. The summed E-state index contributed by atoms with van der Waals surface area (Å²) in [5, 5.41) is 4.83. The summed E-state index contributed by atoms with van der Waals surface area (Å²) in [4.78, 5) is 20.6. The standard InChI is InChI=1S/C15H12N6O2/c1-23-10-4-2-9(3-5-10)13-18-15-17-8-11-12(21(15)19-13)6-7-20(16)14(11)22/h2-8H,16H2,1H3. The molecule has 0 spiro atoms. The summed E-state index contributed by atoms with van der Waals surface area (Å²) in [5.74, 6) is 7.26. The van der Waals surface area contributed by atoms with Crippen LogP contribution in [0.3, 0.4) is 0 Å². The van der Waals surface area contributed by atoms with Gasteiger partial charge in [0.15, 0.2) is 5.82 Å². The molecule has 0 aliphatic carbocycles. The lowest BCUT2D eigenvalue weighted by Crippen LogP contribution is -2.26. The molecule has 0 amide bonds. The Morgan fingerprint density at radius 1 is 1.17 bits per heavy atom. The first kappa shape index (κ1) is 13.3. The van der Waals surface area contributed by atoms with Gasteiger partial charge in [-0.15, -0.1) is 5.10 Å². The van der Waals surface area contributed by atoms with Gasteiger partial charge in [0, 0.05) is 18.0 Å². The summed E-state index contributed by atoms with van der Waals surface area (Å²) in [5.41, 5.74) is 1.10. The Morgan fingerprint density at radius 3 is 2.70 bits per heavy atom. The zero-order valence-corrected chi connectivity index (χ0v) is 12.2. The maximum Gasteiger partial charge on any atom is 0.279 e. The quantitative estimate of drug-likeness (QED) is 0.550. The summed E-state index contributed by atoms with van der Waals surface area (Å²) >= 11 is 0. The molecule has 23 heavy (non-hydrogen) atoms. The number of pyridine rings is 1. The predicted octanol–water partition coefficient (Wildman–Crippen LogP) is 0.829. The summed E-state index contributed by atoms with van der Waals surface area (Å²) in [6.45, 7) is 0. The molecule has 0 radical (unpaired) electrons. The molecule has 4 aromatic rings. The fourth-order valence-electron chi connectivity index (χ4n) is 2.40. The lowest BCUT2D eigenvalue weighted by molar-refractivity contribution is 0.415. The monoisotopic (exact) mass is 308 g/mol. The first-order chi connectivity index (χ1) is 11.2. The lowest BCUT2D eigenvalue weighted by atomic mass is 10.2. The van der Waals surface area contributed by atoms with Crippen molar-refractivity contribution in [2.24, 2.45) is 0 Å². The Balaban J connectivity index is 1.95.